The molecule has 5 rings (SSSR count). The fraction of sp³-hybridized carbons (Fsp3) is 0.708. The number of hydrogen-bond acceptors (Lipinski definition) is 7. The van der Waals surface area contributed by atoms with E-state index in [1.807, 2.05) is 13.0 Å². The Morgan fingerprint density at radius 3 is 2.94 bits per heavy atom. The van der Waals surface area contributed by atoms with Gasteiger partial charge in [-0.25, -0.2) is 4.99 Å². The molecule has 5 aliphatic rings. The van der Waals surface area contributed by atoms with Gasteiger partial charge in [0.25, 0.3) is 0 Å². The summed E-state index contributed by atoms with van der Waals surface area (Å²) in [5.74, 6) is 1.01. The van der Waals surface area contributed by atoms with Crippen molar-refractivity contribution in [3.05, 3.63) is 23.8 Å². The molecular formula is C24H31NO5S. The predicted molar refractivity (Wildman–Crippen MR) is 119 cm³/mol. The monoisotopic (exact) mass is 445 g/mol. The van der Waals surface area contributed by atoms with Crippen molar-refractivity contribution in [2.75, 3.05) is 12.9 Å². The number of aliphatic imine (C=N–C) groups is 1. The molecule has 3 saturated carbocycles. The van der Waals surface area contributed by atoms with Crippen molar-refractivity contribution >= 4 is 29.5 Å². The third kappa shape index (κ3) is 2.69. The fourth-order valence-corrected chi connectivity index (χ4v) is 8.14. The first-order valence-electron chi connectivity index (χ1n) is 11.2. The number of carbonyl (C=O) groups excluding carboxylic acids is 2. The lowest BCUT2D eigenvalue weighted by atomic mass is 9.46. The Morgan fingerprint density at radius 2 is 2.19 bits per heavy atom. The van der Waals surface area contributed by atoms with Crippen LogP contribution in [0.25, 0.3) is 0 Å². The van der Waals surface area contributed by atoms with Crippen LogP contribution in [0.3, 0.4) is 0 Å². The molecule has 6 nitrogen and oxygen atoms in total. The van der Waals surface area contributed by atoms with Gasteiger partial charge in [-0.1, -0.05) is 25.5 Å². The molecule has 0 saturated heterocycles. The van der Waals surface area contributed by atoms with Crippen molar-refractivity contribution in [2.45, 2.75) is 64.2 Å². The SMILES string of the molecule is CSOCC(=O)C12N=C(C)OC1CC1C3CCC4=CC(=O)C=CC4(C)C3C(O)CC12C. The van der Waals surface area contributed by atoms with E-state index in [0.717, 1.165) is 24.8 Å². The Balaban J connectivity index is 1.57. The van der Waals surface area contributed by atoms with Crippen LogP contribution in [0.2, 0.25) is 0 Å². The predicted octanol–water partition coefficient (Wildman–Crippen LogP) is 3.29. The zero-order valence-corrected chi connectivity index (χ0v) is 19.4. The molecule has 8 unspecified atom stereocenters. The van der Waals surface area contributed by atoms with Gasteiger partial charge in [-0.05, 0) is 61.7 Å². The van der Waals surface area contributed by atoms with Crippen LogP contribution in [0.1, 0.15) is 46.5 Å². The van der Waals surface area contributed by atoms with Crippen LogP contribution in [-0.4, -0.2) is 53.2 Å². The molecular weight excluding hydrogens is 414 g/mol. The Kier molecular flexibility index (Phi) is 4.85. The molecule has 3 fully saturated rings. The maximum absolute atomic E-state index is 13.5. The second kappa shape index (κ2) is 7.03. The number of allylic oxidation sites excluding steroid dienone is 4. The summed E-state index contributed by atoms with van der Waals surface area (Å²) in [5.41, 5.74) is -0.695. The number of ketones is 2. The van der Waals surface area contributed by atoms with Gasteiger partial charge in [0.1, 0.15) is 12.7 Å². The second-order valence-electron chi connectivity index (χ2n) is 10.3. The van der Waals surface area contributed by atoms with Gasteiger partial charge in [-0.3, -0.25) is 9.59 Å². The summed E-state index contributed by atoms with van der Waals surface area (Å²) in [7, 11) is 0. The third-order valence-electron chi connectivity index (χ3n) is 9.07. The number of fused-ring (bicyclic) bond motifs is 7. The number of aliphatic hydroxyl groups excluding tert-OH is 1. The number of hydrogen-bond donors (Lipinski definition) is 1. The lowest BCUT2D eigenvalue weighted by Gasteiger charge is -2.59. The fourth-order valence-electron chi connectivity index (χ4n) is 7.91. The first kappa shape index (κ1) is 21.4. The number of carbonyl (C=O) groups is 2. The summed E-state index contributed by atoms with van der Waals surface area (Å²) in [6.07, 6.45) is 9.33. The van der Waals surface area contributed by atoms with Crippen molar-refractivity contribution in [3.8, 4) is 0 Å². The number of Topliss-reactive ketones (excluding diaryl/α,β-unsaturated/α-hetero) is 1. The Morgan fingerprint density at radius 1 is 1.42 bits per heavy atom. The van der Waals surface area contributed by atoms with Gasteiger partial charge in [0.05, 0.1) is 6.10 Å². The van der Waals surface area contributed by atoms with Gasteiger partial charge >= 0.3 is 0 Å². The van der Waals surface area contributed by atoms with E-state index >= 15 is 0 Å². The van der Waals surface area contributed by atoms with E-state index in [2.05, 4.69) is 13.8 Å². The number of rotatable bonds is 4. The highest BCUT2D eigenvalue weighted by molar-refractivity contribution is 7.93. The van der Waals surface area contributed by atoms with Crippen molar-refractivity contribution in [1.82, 2.24) is 0 Å². The van der Waals surface area contributed by atoms with Gasteiger partial charge in [-0.2, -0.15) is 0 Å². The molecule has 0 spiro atoms. The summed E-state index contributed by atoms with van der Waals surface area (Å²) in [6, 6.07) is 0. The van der Waals surface area contributed by atoms with Gasteiger partial charge in [0, 0.05) is 29.9 Å². The summed E-state index contributed by atoms with van der Waals surface area (Å²) < 4.78 is 11.6. The van der Waals surface area contributed by atoms with Gasteiger partial charge in [-0.15, -0.1) is 0 Å². The topological polar surface area (TPSA) is 85.2 Å². The first-order valence-corrected chi connectivity index (χ1v) is 12.4. The summed E-state index contributed by atoms with van der Waals surface area (Å²) in [5, 5.41) is 11.6. The van der Waals surface area contributed by atoms with Crippen molar-refractivity contribution in [1.29, 1.82) is 0 Å². The smallest absolute Gasteiger partial charge is 0.191 e. The van der Waals surface area contributed by atoms with Crippen LogP contribution in [0, 0.1) is 28.6 Å². The average molecular weight is 446 g/mol. The molecule has 1 heterocycles. The van der Waals surface area contributed by atoms with E-state index in [4.69, 9.17) is 13.9 Å². The minimum atomic E-state index is -1.00. The zero-order valence-electron chi connectivity index (χ0n) is 18.6. The van der Waals surface area contributed by atoms with Crippen LogP contribution >= 0.6 is 12.0 Å². The van der Waals surface area contributed by atoms with Crippen LogP contribution in [0.15, 0.2) is 28.8 Å². The Labute approximate surface area is 187 Å². The van der Waals surface area contributed by atoms with Crippen molar-refractivity contribution in [2.24, 2.45) is 33.6 Å². The second-order valence-corrected chi connectivity index (χ2v) is 10.9. The van der Waals surface area contributed by atoms with Crippen molar-refractivity contribution < 1.29 is 23.6 Å². The molecule has 0 aromatic carbocycles. The Bertz CT molecular complexity index is 927. The molecule has 0 radical (unpaired) electrons. The minimum Gasteiger partial charge on any atom is -0.475 e. The maximum atomic E-state index is 13.5. The van der Waals surface area contributed by atoms with E-state index < -0.39 is 17.1 Å². The molecule has 1 N–H and O–H groups in total. The third-order valence-corrected chi connectivity index (χ3v) is 9.42. The lowest BCUT2D eigenvalue weighted by Crippen LogP contribution is -2.62. The maximum Gasteiger partial charge on any atom is 0.191 e. The normalized spacial score (nSPS) is 47.5. The molecule has 1 aliphatic heterocycles. The average Bonchev–Trinajstić information content (AvgIpc) is 3.17. The van der Waals surface area contributed by atoms with E-state index in [9.17, 15) is 14.7 Å². The standard InChI is InChI=1S/C24H31NO5S/c1-13-25-24(19(28)12-29-31-4)20(30-13)10-17-16-6-5-14-9-15(26)7-8-22(14,2)21(16)18(27)11-23(17,24)3/h7-9,16-18,20-21,27H,5-6,10-12H2,1-4H3. The highest BCUT2D eigenvalue weighted by atomic mass is 32.2. The summed E-state index contributed by atoms with van der Waals surface area (Å²) in [6.45, 7) is 6.09. The van der Waals surface area contributed by atoms with Crippen molar-refractivity contribution in [3.63, 3.8) is 0 Å². The lowest BCUT2D eigenvalue weighted by molar-refractivity contribution is -0.145. The quantitative estimate of drug-likeness (QED) is 0.669. The zero-order chi connectivity index (χ0) is 22.2. The molecule has 0 aromatic heterocycles. The van der Waals surface area contributed by atoms with E-state index in [-0.39, 0.29) is 47.4 Å². The number of aliphatic hydroxyl groups is 1. The molecule has 31 heavy (non-hydrogen) atoms. The van der Waals surface area contributed by atoms with E-state index in [0.29, 0.717) is 12.3 Å². The largest absolute Gasteiger partial charge is 0.475 e. The van der Waals surface area contributed by atoms with Crippen LogP contribution in [0.5, 0.6) is 0 Å². The van der Waals surface area contributed by atoms with Gasteiger partial charge in [0.2, 0.25) is 0 Å². The molecule has 168 valence electrons. The first-order chi connectivity index (χ1) is 14.7. The van der Waals surface area contributed by atoms with Crippen LogP contribution in [0.4, 0.5) is 0 Å². The van der Waals surface area contributed by atoms with E-state index in [1.165, 1.54) is 12.0 Å². The minimum absolute atomic E-state index is 0.0141. The highest BCUT2D eigenvalue weighted by Gasteiger charge is 2.74. The number of ether oxygens (including phenoxy) is 1. The van der Waals surface area contributed by atoms with Gasteiger partial charge < -0.3 is 14.0 Å². The highest BCUT2D eigenvalue weighted by Crippen LogP contribution is 2.69. The number of nitrogens with zero attached hydrogens (tertiary/aromatic N) is 1. The molecule has 4 aliphatic carbocycles. The molecule has 8 atom stereocenters. The molecule has 0 aromatic rings. The summed E-state index contributed by atoms with van der Waals surface area (Å²) >= 11 is 1.18. The van der Waals surface area contributed by atoms with Crippen LogP contribution in [-0.2, 0) is 18.5 Å². The summed E-state index contributed by atoms with van der Waals surface area (Å²) in [4.78, 5) is 30.4. The van der Waals surface area contributed by atoms with E-state index in [1.54, 1.807) is 18.4 Å². The van der Waals surface area contributed by atoms with Crippen LogP contribution < -0.4 is 0 Å². The molecule has 0 bridgehead atoms. The Hall–Kier alpha value is -1.44. The molecule has 0 amide bonds. The van der Waals surface area contributed by atoms with Gasteiger partial charge in [0.15, 0.2) is 23.0 Å². The molecule has 7 heteroatoms.